The molecule has 1 aromatic heterocycles. The predicted molar refractivity (Wildman–Crippen MR) is 134 cm³/mol. The van der Waals surface area contributed by atoms with Gasteiger partial charge in [-0.2, -0.15) is 0 Å². The Bertz CT molecular complexity index is 1170. The maximum Gasteiger partial charge on any atom is 0.275 e. The third-order valence-electron chi connectivity index (χ3n) is 5.87. The smallest absolute Gasteiger partial charge is 0.275 e. The van der Waals surface area contributed by atoms with Crippen molar-refractivity contribution in [2.24, 2.45) is 0 Å². The summed E-state index contributed by atoms with van der Waals surface area (Å²) in [6.45, 7) is 10.8. The van der Waals surface area contributed by atoms with Crippen LogP contribution < -0.4 is 20.3 Å². The summed E-state index contributed by atoms with van der Waals surface area (Å²) in [5, 5.41) is 8.59. The van der Waals surface area contributed by atoms with Crippen molar-refractivity contribution in [3.05, 3.63) is 76.6 Å². The lowest BCUT2D eigenvalue weighted by Gasteiger charge is -2.36. The third kappa shape index (κ3) is 4.76. The Hall–Kier alpha value is -3.43. The van der Waals surface area contributed by atoms with E-state index in [9.17, 15) is 9.59 Å². The highest BCUT2D eigenvalue weighted by Crippen LogP contribution is 2.32. The molecule has 8 nitrogen and oxygen atoms in total. The molecule has 3 heterocycles. The molecule has 0 saturated carbocycles. The quantitative estimate of drug-likeness (QED) is 0.593. The van der Waals surface area contributed by atoms with E-state index in [2.05, 4.69) is 34.0 Å². The number of hydrogen-bond acceptors (Lipinski definition) is 7. The van der Waals surface area contributed by atoms with Crippen molar-refractivity contribution in [3.8, 4) is 5.75 Å². The number of hydrogen-bond donors (Lipinski definition) is 2. The number of carbonyl (C=O) groups is 2. The monoisotopic (exact) mass is 479 g/mol. The van der Waals surface area contributed by atoms with Crippen molar-refractivity contribution in [1.29, 1.82) is 0 Å². The average molecular weight is 480 g/mol. The van der Waals surface area contributed by atoms with E-state index in [1.807, 2.05) is 31.2 Å². The first kappa shape index (κ1) is 23.7. The molecule has 2 aromatic rings. The maximum atomic E-state index is 13.1. The second-order valence-electron chi connectivity index (χ2n) is 8.17. The third-order valence-corrected chi connectivity index (χ3v) is 6.74. The van der Waals surface area contributed by atoms with Gasteiger partial charge in [-0.25, -0.2) is 4.98 Å². The van der Waals surface area contributed by atoms with E-state index in [1.165, 1.54) is 11.3 Å². The predicted octanol–water partition coefficient (Wildman–Crippen LogP) is 3.31. The molecule has 0 radical (unpaired) electrons. The van der Waals surface area contributed by atoms with Crippen molar-refractivity contribution in [3.63, 3.8) is 0 Å². The Labute approximate surface area is 203 Å². The molecular formula is C25H29N5O3S. The van der Waals surface area contributed by atoms with Crippen LogP contribution >= 0.6 is 11.3 Å². The molecule has 1 fully saturated rings. The van der Waals surface area contributed by atoms with E-state index in [4.69, 9.17) is 4.74 Å². The highest BCUT2D eigenvalue weighted by atomic mass is 32.1. The molecule has 0 spiro atoms. The van der Waals surface area contributed by atoms with Gasteiger partial charge in [0, 0.05) is 36.6 Å². The molecular weight excluding hydrogens is 450 g/mol. The number of thiazole rings is 1. The first-order valence-corrected chi connectivity index (χ1v) is 12.1. The van der Waals surface area contributed by atoms with Gasteiger partial charge in [-0.15, -0.1) is 11.3 Å². The number of nitrogens with one attached hydrogen (secondary N) is 2. The number of fused-ring (bicyclic) bond motifs is 1. The molecule has 0 unspecified atom stereocenters. The molecule has 178 valence electrons. The van der Waals surface area contributed by atoms with E-state index in [0.717, 1.165) is 30.9 Å². The Morgan fingerprint density at radius 3 is 2.94 bits per heavy atom. The fourth-order valence-electron chi connectivity index (χ4n) is 4.15. The Morgan fingerprint density at radius 2 is 2.24 bits per heavy atom. The van der Waals surface area contributed by atoms with Crippen molar-refractivity contribution in [2.75, 3.05) is 31.6 Å². The van der Waals surface area contributed by atoms with E-state index in [-0.39, 0.29) is 17.5 Å². The summed E-state index contributed by atoms with van der Waals surface area (Å²) in [7, 11) is 1.57. The van der Waals surface area contributed by atoms with Crippen LogP contribution in [0.2, 0.25) is 0 Å². The fourth-order valence-corrected chi connectivity index (χ4v) is 4.96. The van der Waals surface area contributed by atoms with E-state index < -0.39 is 0 Å². The van der Waals surface area contributed by atoms with Gasteiger partial charge in [0.1, 0.15) is 11.4 Å². The first-order chi connectivity index (χ1) is 16.4. The molecule has 4 rings (SSSR count). The number of anilines is 1. The summed E-state index contributed by atoms with van der Waals surface area (Å²) in [6.07, 6.45) is 5.51. The number of rotatable bonds is 7. The molecule has 0 bridgehead atoms. The summed E-state index contributed by atoms with van der Waals surface area (Å²) in [6, 6.07) is 5.80. The number of ether oxygens (including phenoxy) is 1. The largest absolute Gasteiger partial charge is 0.497 e. The van der Waals surface area contributed by atoms with Crippen LogP contribution in [-0.2, 0) is 6.54 Å². The summed E-state index contributed by atoms with van der Waals surface area (Å²) in [5.74, 6) is 0.169. The van der Waals surface area contributed by atoms with Gasteiger partial charge >= 0.3 is 0 Å². The molecule has 34 heavy (non-hydrogen) atoms. The van der Waals surface area contributed by atoms with Gasteiger partial charge in [0.05, 0.1) is 25.0 Å². The Morgan fingerprint density at radius 1 is 1.41 bits per heavy atom. The summed E-state index contributed by atoms with van der Waals surface area (Å²) >= 11 is 1.27. The molecule has 2 N–H and O–H groups in total. The summed E-state index contributed by atoms with van der Waals surface area (Å²) in [5.41, 5.74) is 3.39. The van der Waals surface area contributed by atoms with Crippen LogP contribution in [-0.4, -0.2) is 54.5 Å². The molecule has 0 aliphatic carbocycles. The lowest BCUT2D eigenvalue weighted by atomic mass is 10.1. The molecule has 1 saturated heterocycles. The van der Waals surface area contributed by atoms with Crippen LogP contribution in [0.15, 0.2) is 59.8 Å². The normalized spacial score (nSPS) is 18.7. The van der Waals surface area contributed by atoms with Crippen LogP contribution in [0.4, 0.5) is 5.13 Å². The molecule has 9 heteroatoms. The van der Waals surface area contributed by atoms with Gasteiger partial charge in [-0.05, 0) is 37.6 Å². The molecule has 2 aliphatic rings. The number of nitrogens with zero attached hydrogens (tertiary/aromatic N) is 3. The van der Waals surface area contributed by atoms with Crippen molar-refractivity contribution < 1.29 is 14.3 Å². The van der Waals surface area contributed by atoms with Gasteiger partial charge in [0.25, 0.3) is 11.8 Å². The number of carbonyl (C=O) groups excluding carboxylic acids is 2. The first-order valence-electron chi connectivity index (χ1n) is 11.2. The van der Waals surface area contributed by atoms with Crippen molar-refractivity contribution in [2.45, 2.75) is 26.4 Å². The van der Waals surface area contributed by atoms with Gasteiger partial charge in [-0.1, -0.05) is 24.8 Å². The average Bonchev–Trinajstić information content (AvgIpc) is 3.46. The maximum absolute atomic E-state index is 13.1. The Balaban J connectivity index is 1.49. The molecule has 1 atom stereocenters. The zero-order valence-corrected chi connectivity index (χ0v) is 20.4. The van der Waals surface area contributed by atoms with Crippen LogP contribution in [0.5, 0.6) is 5.75 Å². The molecule has 2 amide bonds. The zero-order chi connectivity index (χ0) is 24.2. The highest BCUT2D eigenvalue weighted by molar-refractivity contribution is 7.14. The Kier molecular flexibility index (Phi) is 7.14. The SMILES string of the molecule is C=C/C=C(\C(=C/C)NC(=O)c1csc(N2Cc3ccc(OC)cc3C2=O)n1)N1CCN[C@@H](C)C1. The van der Waals surface area contributed by atoms with Crippen LogP contribution in [0.3, 0.4) is 0 Å². The number of amides is 2. The van der Waals surface area contributed by atoms with Gasteiger partial charge in [0.2, 0.25) is 0 Å². The van der Waals surface area contributed by atoms with Crippen LogP contribution in [0.25, 0.3) is 0 Å². The minimum Gasteiger partial charge on any atom is -0.497 e. The second-order valence-corrected chi connectivity index (χ2v) is 9.01. The molecule has 2 aliphatic heterocycles. The fraction of sp³-hybridized carbons (Fsp3) is 0.320. The highest BCUT2D eigenvalue weighted by Gasteiger charge is 2.31. The minimum absolute atomic E-state index is 0.145. The minimum atomic E-state index is -0.320. The van der Waals surface area contributed by atoms with E-state index in [0.29, 0.717) is 34.7 Å². The number of piperazine rings is 1. The number of benzene rings is 1. The lowest BCUT2D eigenvalue weighted by Crippen LogP contribution is -2.49. The van der Waals surface area contributed by atoms with Gasteiger partial charge in [-0.3, -0.25) is 14.5 Å². The van der Waals surface area contributed by atoms with Crippen LogP contribution in [0, 0.1) is 0 Å². The van der Waals surface area contributed by atoms with Gasteiger partial charge < -0.3 is 20.3 Å². The van der Waals surface area contributed by atoms with Crippen molar-refractivity contribution in [1.82, 2.24) is 20.5 Å². The topological polar surface area (TPSA) is 86.8 Å². The van der Waals surface area contributed by atoms with E-state index in [1.54, 1.807) is 29.5 Å². The van der Waals surface area contributed by atoms with Gasteiger partial charge in [0.15, 0.2) is 5.13 Å². The second kappa shape index (κ2) is 10.2. The molecule has 1 aromatic carbocycles. The van der Waals surface area contributed by atoms with E-state index >= 15 is 0 Å². The number of methoxy groups -OCH3 is 1. The van der Waals surface area contributed by atoms with Crippen molar-refractivity contribution >= 4 is 28.3 Å². The zero-order valence-electron chi connectivity index (χ0n) is 19.6. The van der Waals surface area contributed by atoms with Crippen LogP contribution in [0.1, 0.15) is 40.3 Å². The number of allylic oxidation sites excluding steroid dienone is 3. The number of aromatic nitrogens is 1. The standard InChI is InChI=1S/C25H29N5O3S/c1-5-7-22(29-11-10-26-16(3)13-29)20(6-2)27-23(31)21-15-34-25(28-21)30-14-17-8-9-18(33-4)12-19(17)24(30)32/h5-9,12,15-16,26H,1,10-11,13-14H2,2-4H3,(H,27,31)/b20-6+,22-7+/t16-/m0/s1. The lowest BCUT2D eigenvalue weighted by molar-refractivity contribution is 0.0956. The summed E-state index contributed by atoms with van der Waals surface area (Å²) < 4.78 is 5.24. The summed E-state index contributed by atoms with van der Waals surface area (Å²) in [4.78, 5) is 34.3.